The van der Waals surface area contributed by atoms with Gasteiger partial charge in [0.15, 0.2) is 0 Å². The molecule has 3 aromatic rings. The third-order valence-electron chi connectivity index (χ3n) is 4.48. The number of sulfonamides is 1. The van der Waals surface area contributed by atoms with E-state index < -0.39 is 21.8 Å². The van der Waals surface area contributed by atoms with Crippen LogP contribution in [0.3, 0.4) is 0 Å². The maximum absolute atomic E-state index is 12.6. The van der Waals surface area contributed by atoms with E-state index in [-0.39, 0.29) is 10.6 Å². The van der Waals surface area contributed by atoms with Crippen LogP contribution in [0.4, 0.5) is 11.4 Å². The lowest BCUT2D eigenvalue weighted by molar-refractivity contribution is 0.0926. The summed E-state index contributed by atoms with van der Waals surface area (Å²) in [6.45, 7) is 1.87. The fourth-order valence-corrected chi connectivity index (χ4v) is 4.11. The van der Waals surface area contributed by atoms with Crippen LogP contribution in [-0.2, 0) is 10.0 Å². The lowest BCUT2D eigenvalue weighted by Crippen LogP contribution is -2.29. The average molecular weight is 392 g/mol. The van der Waals surface area contributed by atoms with Gasteiger partial charge >= 0.3 is 0 Å². The molecule has 0 atom stereocenters. The van der Waals surface area contributed by atoms with Gasteiger partial charge in [0, 0.05) is 0 Å². The molecule has 140 valence electrons. The number of nitrogens with zero attached hydrogens (tertiary/aromatic N) is 1. The van der Waals surface area contributed by atoms with Crippen molar-refractivity contribution in [3.05, 3.63) is 89.5 Å². The Hall–Kier alpha value is -3.45. The molecular formula is C21H16N2O4S. The summed E-state index contributed by atoms with van der Waals surface area (Å²) in [6, 6.07) is 19.3. The zero-order valence-electron chi connectivity index (χ0n) is 14.9. The predicted molar refractivity (Wildman–Crippen MR) is 106 cm³/mol. The molecule has 0 aliphatic carbocycles. The van der Waals surface area contributed by atoms with E-state index in [9.17, 15) is 18.0 Å². The number of rotatable bonds is 4. The summed E-state index contributed by atoms with van der Waals surface area (Å²) < 4.78 is 27.7. The highest BCUT2D eigenvalue weighted by Crippen LogP contribution is 2.30. The number of carbonyl (C=O) groups is 2. The number of nitrogens with one attached hydrogen (secondary N) is 1. The molecule has 0 saturated carbocycles. The molecule has 0 spiro atoms. The minimum atomic E-state index is -3.79. The van der Waals surface area contributed by atoms with Gasteiger partial charge in [0.25, 0.3) is 21.8 Å². The molecule has 4 rings (SSSR count). The second-order valence-corrected chi connectivity index (χ2v) is 8.14. The van der Waals surface area contributed by atoms with Crippen LogP contribution in [0.2, 0.25) is 0 Å². The number of aryl methyl sites for hydroxylation is 1. The summed E-state index contributed by atoms with van der Waals surface area (Å²) in [7, 11) is -3.79. The Balaban J connectivity index is 1.65. The summed E-state index contributed by atoms with van der Waals surface area (Å²) in [4.78, 5) is 26.4. The van der Waals surface area contributed by atoms with Crippen LogP contribution in [0.25, 0.3) is 0 Å². The summed E-state index contributed by atoms with van der Waals surface area (Å²) in [6.07, 6.45) is 0. The van der Waals surface area contributed by atoms with E-state index in [0.29, 0.717) is 16.8 Å². The topological polar surface area (TPSA) is 83.6 Å². The first kappa shape index (κ1) is 17.9. The summed E-state index contributed by atoms with van der Waals surface area (Å²) >= 11 is 0. The second kappa shape index (κ2) is 6.61. The van der Waals surface area contributed by atoms with Crippen LogP contribution >= 0.6 is 0 Å². The monoisotopic (exact) mass is 392 g/mol. The lowest BCUT2D eigenvalue weighted by Gasteiger charge is -2.16. The third kappa shape index (κ3) is 3.05. The van der Waals surface area contributed by atoms with E-state index in [1.165, 1.54) is 18.2 Å². The van der Waals surface area contributed by atoms with Crippen LogP contribution in [0.15, 0.2) is 77.7 Å². The lowest BCUT2D eigenvalue weighted by atomic mass is 10.1. The van der Waals surface area contributed by atoms with Gasteiger partial charge in [-0.15, -0.1) is 0 Å². The van der Waals surface area contributed by atoms with Gasteiger partial charge < -0.3 is 0 Å². The molecule has 0 saturated heterocycles. The minimum Gasteiger partial charge on any atom is -0.280 e. The van der Waals surface area contributed by atoms with Crippen molar-refractivity contribution < 1.29 is 18.0 Å². The first-order chi connectivity index (χ1) is 13.4. The van der Waals surface area contributed by atoms with E-state index in [1.807, 2.05) is 6.92 Å². The number of amides is 2. The van der Waals surface area contributed by atoms with E-state index in [1.54, 1.807) is 54.6 Å². The van der Waals surface area contributed by atoms with Crippen molar-refractivity contribution in [3.63, 3.8) is 0 Å². The van der Waals surface area contributed by atoms with Crippen LogP contribution in [0.5, 0.6) is 0 Å². The molecule has 0 unspecified atom stereocenters. The smallest absolute Gasteiger partial charge is 0.266 e. The molecule has 0 radical (unpaired) electrons. The van der Waals surface area contributed by atoms with Gasteiger partial charge in [-0.2, -0.15) is 0 Å². The Bertz CT molecular complexity index is 1170. The first-order valence-corrected chi connectivity index (χ1v) is 10.0. The zero-order valence-corrected chi connectivity index (χ0v) is 15.7. The Morgan fingerprint density at radius 2 is 1.39 bits per heavy atom. The number of anilines is 2. The average Bonchev–Trinajstić information content (AvgIpc) is 2.93. The van der Waals surface area contributed by atoms with Gasteiger partial charge in [-0.25, -0.2) is 13.3 Å². The van der Waals surface area contributed by atoms with Gasteiger partial charge in [0.1, 0.15) is 0 Å². The van der Waals surface area contributed by atoms with Crippen molar-refractivity contribution in [3.8, 4) is 0 Å². The second-order valence-electron chi connectivity index (χ2n) is 6.46. The van der Waals surface area contributed by atoms with Crippen LogP contribution in [-0.4, -0.2) is 20.2 Å². The molecule has 1 aliphatic heterocycles. The van der Waals surface area contributed by atoms with Crippen LogP contribution in [0, 0.1) is 6.92 Å². The summed E-state index contributed by atoms with van der Waals surface area (Å²) in [5.41, 5.74) is 2.17. The maximum Gasteiger partial charge on any atom is 0.266 e. The molecule has 1 aliphatic rings. The van der Waals surface area contributed by atoms with E-state index in [2.05, 4.69) is 4.72 Å². The molecule has 0 fully saturated rings. The van der Waals surface area contributed by atoms with E-state index >= 15 is 0 Å². The van der Waals surface area contributed by atoms with Crippen molar-refractivity contribution >= 4 is 33.2 Å². The normalized spacial score (nSPS) is 13.5. The molecule has 1 heterocycles. The fraction of sp³-hybridized carbons (Fsp3) is 0.0476. The molecule has 0 aromatic heterocycles. The summed E-state index contributed by atoms with van der Waals surface area (Å²) in [5, 5.41) is 0. The third-order valence-corrected chi connectivity index (χ3v) is 5.88. The molecule has 6 nitrogen and oxygen atoms in total. The zero-order chi connectivity index (χ0) is 19.9. The summed E-state index contributed by atoms with van der Waals surface area (Å²) in [5.74, 6) is -0.863. The largest absolute Gasteiger partial charge is 0.280 e. The predicted octanol–water partition coefficient (Wildman–Crippen LogP) is 3.60. The van der Waals surface area contributed by atoms with Gasteiger partial charge in [0.05, 0.1) is 27.4 Å². The number of carbonyl (C=O) groups excluding carboxylic acids is 2. The molecule has 3 aromatic carbocycles. The standard InChI is InChI=1S/C21H16N2O4S/c1-14-9-11-17(12-10-14)28(26,27)22-15-5-4-6-16(13-15)23-20(24)18-7-2-3-8-19(18)21(23)25/h2-13,22H,1H3. The molecule has 1 N–H and O–H groups in total. The van der Waals surface area contributed by atoms with Gasteiger partial charge in [0.2, 0.25) is 0 Å². The molecule has 0 bridgehead atoms. The van der Waals surface area contributed by atoms with E-state index in [0.717, 1.165) is 10.5 Å². The highest BCUT2D eigenvalue weighted by atomic mass is 32.2. The van der Waals surface area contributed by atoms with Gasteiger partial charge in [-0.1, -0.05) is 35.9 Å². The first-order valence-electron chi connectivity index (χ1n) is 8.54. The Morgan fingerprint density at radius 3 is 2.00 bits per heavy atom. The number of imide groups is 1. The number of benzene rings is 3. The maximum atomic E-state index is 12.6. The highest BCUT2D eigenvalue weighted by molar-refractivity contribution is 7.92. The SMILES string of the molecule is Cc1ccc(S(=O)(=O)Nc2cccc(N3C(=O)c4ccccc4C3=O)c2)cc1. The van der Waals surface area contributed by atoms with Crippen molar-refractivity contribution in [2.75, 3.05) is 9.62 Å². The van der Waals surface area contributed by atoms with Crippen LogP contribution in [0.1, 0.15) is 26.3 Å². The molecular weight excluding hydrogens is 376 g/mol. The molecule has 2 amide bonds. The number of hydrogen-bond acceptors (Lipinski definition) is 4. The Kier molecular flexibility index (Phi) is 4.24. The highest BCUT2D eigenvalue weighted by Gasteiger charge is 2.36. The van der Waals surface area contributed by atoms with Crippen molar-refractivity contribution in [2.45, 2.75) is 11.8 Å². The Morgan fingerprint density at radius 1 is 0.786 bits per heavy atom. The number of hydrogen-bond donors (Lipinski definition) is 1. The van der Waals surface area contributed by atoms with Gasteiger partial charge in [-0.05, 0) is 49.4 Å². The fourth-order valence-electron chi connectivity index (χ4n) is 3.06. The Labute approximate surface area is 162 Å². The number of fused-ring (bicyclic) bond motifs is 1. The van der Waals surface area contributed by atoms with Crippen molar-refractivity contribution in [1.82, 2.24) is 0 Å². The molecule has 7 heteroatoms. The van der Waals surface area contributed by atoms with Crippen LogP contribution < -0.4 is 9.62 Å². The minimum absolute atomic E-state index is 0.129. The molecule has 28 heavy (non-hydrogen) atoms. The van der Waals surface area contributed by atoms with Crippen molar-refractivity contribution in [1.29, 1.82) is 0 Å². The van der Waals surface area contributed by atoms with E-state index in [4.69, 9.17) is 0 Å². The van der Waals surface area contributed by atoms with Gasteiger partial charge in [-0.3, -0.25) is 14.3 Å². The quantitative estimate of drug-likeness (QED) is 0.688. The van der Waals surface area contributed by atoms with Crippen molar-refractivity contribution in [2.24, 2.45) is 0 Å².